The first-order valence-corrected chi connectivity index (χ1v) is 11.2. The molecule has 0 aliphatic heterocycles. The first kappa shape index (κ1) is 18.5. The number of rotatable bonds is 3. The summed E-state index contributed by atoms with van der Waals surface area (Å²) in [4.78, 5) is 17.5. The quantitative estimate of drug-likeness (QED) is 0.422. The van der Waals surface area contributed by atoms with Crippen LogP contribution in [0.1, 0.15) is 40.0 Å². The molecule has 5 rings (SSSR count). The summed E-state index contributed by atoms with van der Waals surface area (Å²) in [5.74, 6) is 0.445. The molecule has 0 atom stereocenters. The van der Waals surface area contributed by atoms with Crippen LogP contribution in [0.2, 0.25) is 0 Å². The summed E-state index contributed by atoms with van der Waals surface area (Å²) >= 11 is 5.02. The molecule has 1 aliphatic carbocycles. The third kappa shape index (κ3) is 3.60. The van der Waals surface area contributed by atoms with Gasteiger partial charge in [-0.2, -0.15) is 9.78 Å². The fourth-order valence-corrected chi connectivity index (χ4v) is 5.16. The van der Waals surface area contributed by atoms with Gasteiger partial charge in [-0.05, 0) is 74.1 Å². The first-order chi connectivity index (χ1) is 14.1. The summed E-state index contributed by atoms with van der Waals surface area (Å²) in [7, 11) is 0. The number of anilines is 1. The average molecular weight is 467 g/mol. The van der Waals surface area contributed by atoms with Crippen molar-refractivity contribution >= 4 is 49.2 Å². The van der Waals surface area contributed by atoms with E-state index in [1.165, 1.54) is 24.0 Å². The molecule has 0 unspecified atom stereocenters. The highest BCUT2D eigenvalue weighted by Gasteiger charge is 2.17. The van der Waals surface area contributed by atoms with Gasteiger partial charge in [-0.15, -0.1) is 0 Å². The van der Waals surface area contributed by atoms with Crippen LogP contribution in [0.5, 0.6) is 0 Å². The predicted molar refractivity (Wildman–Crippen MR) is 120 cm³/mol. The molecule has 2 heterocycles. The zero-order chi connectivity index (χ0) is 20.0. The number of carbonyl (C=O) groups is 1. The van der Waals surface area contributed by atoms with Crippen molar-refractivity contribution in [1.29, 1.82) is 0 Å². The number of nitrogens with zero attached hydrogens (tertiary/aromatic N) is 3. The maximum atomic E-state index is 12.7. The molecule has 2 aromatic carbocycles. The van der Waals surface area contributed by atoms with Crippen molar-refractivity contribution < 1.29 is 4.79 Å². The summed E-state index contributed by atoms with van der Waals surface area (Å²) in [6.07, 6.45) is 4.79. The Kier molecular flexibility index (Phi) is 4.72. The Labute approximate surface area is 180 Å². The lowest BCUT2D eigenvalue weighted by molar-refractivity contribution is 0.102. The first-order valence-electron chi connectivity index (χ1n) is 9.63. The van der Waals surface area contributed by atoms with E-state index in [0.717, 1.165) is 38.4 Å². The second-order valence-corrected chi connectivity index (χ2v) is 9.26. The lowest BCUT2D eigenvalue weighted by Gasteiger charge is -2.14. The molecule has 0 saturated carbocycles. The standard InChI is InChI=1S/C22H19BrN4OS/c1-13-9-20(25-21(28)16-7-4-8-17(23)10-16)27(26-13)22-24-18-11-14-5-2-3-6-15(14)12-19(18)29-22/h4,7-12H,2-3,5-6H2,1H3,(H,25,28). The molecular formula is C22H19BrN4OS. The van der Waals surface area contributed by atoms with E-state index in [0.29, 0.717) is 11.4 Å². The molecule has 0 bridgehead atoms. The number of benzene rings is 2. The van der Waals surface area contributed by atoms with Crippen molar-refractivity contribution in [2.45, 2.75) is 32.6 Å². The Morgan fingerprint density at radius 1 is 1.14 bits per heavy atom. The van der Waals surface area contributed by atoms with Crippen LogP contribution in [-0.2, 0) is 12.8 Å². The maximum Gasteiger partial charge on any atom is 0.256 e. The van der Waals surface area contributed by atoms with E-state index in [-0.39, 0.29) is 5.91 Å². The number of aromatic nitrogens is 3. The van der Waals surface area contributed by atoms with Gasteiger partial charge in [-0.1, -0.05) is 33.3 Å². The van der Waals surface area contributed by atoms with E-state index in [4.69, 9.17) is 4.98 Å². The molecule has 146 valence electrons. The van der Waals surface area contributed by atoms with Gasteiger partial charge in [0.15, 0.2) is 0 Å². The molecule has 1 N–H and O–H groups in total. The predicted octanol–water partition coefficient (Wildman–Crippen LogP) is 5.68. The van der Waals surface area contributed by atoms with Crippen LogP contribution in [0.4, 0.5) is 5.82 Å². The van der Waals surface area contributed by atoms with E-state index in [1.54, 1.807) is 28.2 Å². The second-order valence-electron chi connectivity index (χ2n) is 7.34. The summed E-state index contributed by atoms with van der Waals surface area (Å²) in [6, 6.07) is 13.7. The Balaban J connectivity index is 1.51. The van der Waals surface area contributed by atoms with E-state index in [9.17, 15) is 4.79 Å². The molecule has 0 saturated heterocycles. The molecule has 2 aromatic heterocycles. The van der Waals surface area contributed by atoms with Crippen molar-refractivity contribution in [3.05, 3.63) is 69.3 Å². The normalized spacial score (nSPS) is 13.4. The van der Waals surface area contributed by atoms with Crippen molar-refractivity contribution in [3.63, 3.8) is 0 Å². The molecule has 7 heteroatoms. The van der Waals surface area contributed by atoms with Crippen molar-refractivity contribution in [1.82, 2.24) is 14.8 Å². The third-order valence-corrected chi connectivity index (χ3v) is 6.67. The Morgan fingerprint density at radius 2 is 1.93 bits per heavy atom. The molecule has 0 radical (unpaired) electrons. The van der Waals surface area contributed by atoms with Gasteiger partial charge in [0.1, 0.15) is 5.82 Å². The van der Waals surface area contributed by atoms with Crippen LogP contribution in [0.15, 0.2) is 46.9 Å². The van der Waals surface area contributed by atoms with E-state index in [2.05, 4.69) is 38.5 Å². The minimum Gasteiger partial charge on any atom is -0.306 e. The Morgan fingerprint density at radius 3 is 2.72 bits per heavy atom. The van der Waals surface area contributed by atoms with E-state index in [1.807, 2.05) is 25.1 Å². The van der Waals surface area contributed by atoms with E-state index < -0.39 is 0 Å². The topological polar surface area (TPSA) is 59.8 Å². The number of aryl methyl sites for hydroxylation is 3. The fraction of sp³-hybridized carbons (Fsp3) is 0.227. The third-order valence-electron chi connectivity index (χ3n) is 5.18. The van der Waals surface area contributed by atoms with Crippen molar-refractivity contribution in [3.8, 4) is 5.13 Å². The largest absolute Gasteiger partial charge is 0.306 e. The van der Waals surface area contributed by atoms with Gasteiger partial charge in [-0.3, -0.25) is 4.79 Å². The lowest BCUT2D eigenvalue weighted by atomic mass is 9.92. The van der Waals surface area contributed by atoms with Gasteiger partial charge < -0.3 is 5.32 Å². The summed E-state index contributed by atoms with van der Waals surface area (Å²) in [5.41, 5.74) is 5.28. The molecule has 29 heavy (non-hydrogen) atoms. The van der Waals surface area contributed by atoms with Crippen molar-refractivity contribution in [2.75, 3.05) is 5.32 Å². The van der Waals surface area contributed by atoms with Gasteiger partial charge in [-0.25, -0.2) is 4.98 Å². The number of halogens is 1. The minimum absolute atomic E-state index is 0.177. The summed E-state index contributed by atoms with van der Waals surface area (Å²) in [6.45, 7) is 1.91. The Bertz CT molecular complexity index is 1200. The molecule has 1 aliphatic rings. The number of carbonyl (C=O) groups excluding carboxylic acids is 1. The highest BCUT2D eigenvalue weighted by Crippen LogP contribution is 2.32. The fourth-order valence-electron chi connectivity index (χ4n) is 3.79. The molecular weight excluding hydrogens is 448 g/mol. The molecule has 0 fully saturated rings. The highest BCUT2D eigenvalue weighted by molar-refractivity contribution is 9.10. The molecule has 0 spiro atoms. The SMILES string of the molecule is Cc1cc(NC(=O)c2cccc(Br)c2)n(-c2nc3cc4c(cc3s2)CCCC4)n1. The van der Waals surface area contributed by atoms with Gasteiger partial charge in [0.05, 0.1) is 15.9 Å². The van der Waals surface area contributed by atoms with Gasteiger partial charge in [0.25, 0.3) is 5.91 Å². The van der Waals surface area contributed by atoms with Crippen LogP contribution in [0.25, 0.3) is 15.3 Å². The van der Waals surface area contributed by atoms with Crippen LogP contribution in [0, 0.1) is 6.92 Å². The number of hydrogen-bond acceptors (Lipinski definition) is 4. The smallest absolute Gasteiger partial charge is 0.256 e. The van der Waals surface area contributed by atoms with E-state index >= 15 is 0 Å². The van der Waals surface area contributed by atoms with Gasteiger partial charge in [0, 0.05) is 16.1 Å². The van der Waals surface area contributed by atoms with Crippen LogP contribution in [0.3, 0.4) is 0 Å². The number of hydrogen-bond donors (Lipinski definition) is 1. The minimum atomic E-state index is -0.177. The summed E-state index contributed by atoms with van der Waals surface area (Å²) in [5, 5.41) is 8.32. The van der Waals surface area contributed by atoms with Crippen LogP contribution in [-0.4, -0.2) is 20.7 Å². The highest BCUT2D eigenvalue weighted by atomic mass is 79.9. The monoisotopic (exact) mass is 466 g/mol. The van der Waals surface area contributed by atoms with Crippen LogP contribution < -0.4 is 5.32 Å². The summed E-state index contributed by atoms with van der Waals surface area (Å²) < 4.78 is 3.76. The Hall–Kier alpha value is -2.51. The zero-order valence-corrected chi connectivity index (χ0v) is 18.3. The molecule has 4 aromatic rings. The average Bonchev–Trinajstić information content (AvgIpc) is 3.28. The maximum absolute atomic E-state index is 12.7. The lowest BCUT2D eigenvalue weighted by Crippen LogP contribution is -2.15. The number of fused-ring (bicyclic) bond motifs is 2. The van der Waals surface area contributed by atoms with Gasteiger partial charge in [0.2, 0.25) is 5.13 Å². The second kappa shape index (κ2) is 7.39. The number of nitrogens with one attached hydrogen (secondary N) is 1. The van der Waals surface area contributed by atoms with Crippen LogP contribution >= 0.6 is 27.3 Å². The van der Waals surface area contributed by atoms with Crippen molar-refractivity contribution in [2.24, 2.45) is 0 Å². The molecule has 5 nitrogen and oxygen atoms in total. The number of amides is 1. The van der Waals surface area contributed by atoms with Gasteiger partial charge >= 0.3 is 0 Å². The molecule has 1 amide bonds. The number of thiazole rings is 1. The zero-order valence-electron chi connectivity index (χ0n) is 15.9.